The summed E-state index contributed by atoms with van der Waals surface area (Å²) in [4.78, 5) is 4.51. The Morgan fingerprint density at radius 2 is 2.10 bits per heavy atom. The molecule has 1 aliphatic heterocycles. The van der Waals surface area contributed by atoms with Crippen LogP contribution in [0.4, 0.5) is 11.4 Å². The number of likely N-dealkylation sites (N-methyl/N-ethyl adjacent to an activating group) is 2. The Labute approximate surface area is 125 Å². The Balaban J connectivity index is 2.21. The number of aromatic nitrogens is 2. The molecule has 0 saturated heterocycles. The minimum absolute atomic E-state index is 0.450. The lowest BCUT2D eigenvalue weighted by Crippen LogP contribution is -2.44. The van der Waals surface area contributed by atoms with E-state index in [9.17, 15) is 5.26 Å². The van der Waals surface area contributed by atoms with Crippen molar-refractivity contribution in [2.45, 2.75) is 13.0 Å². The molecule has 3 rings (SSSR count). The van der Waals surface area contributed by atoms with Gasteiger partial charge in [0, 0.05) is 32.2 Å². The molecule has 0 unspecified atom stereocenters. The number of hydrogen-bond donors (Lipinski definition) is 1. The quantitative estimate of drug-likeness (QED) is 0.809. The summed E-state index contributed by atoms with van der Waals surface area (Å²) in [6.45, 7) is 3.18. The highest BCUT2D eigenvalue weighted by Crippen LogP contribution is 2.39. The molecule has 21 heavy (non-hydrogen) atoms. The van der Waals surface area contributed by atoms with E-state index in [1.165, 1.54) is 5.69 Å². The maximum Gasteiger partial charge on any atom is 0.202 e. The van der Waals surface area contributed by atoms with E-state index in [4.69, 9.17) is 0 Å². The van der Waals surface area contributed by atoms with Gasteiger partial charge in [-0.05, 0) is 19.1 Å². The molecule has 1 atom stereocenters. The third kappa shape index (κ3) is 2.13. The average molecular weight is 282 g/mol. The molecule has 0 fully saturated rings. The van der Waals surface area contributed by atoms with Gasteiger partial charge in [0.15, 0.2) is 7.05 Å². The fourth-order valence-electron chi connectivity index (χ4n) is 2.95. The molecule has 5 nitrogen and oxygen atoms in total. The molecule has 1 N–H and O–H groups in total. The lowest BCUT2D eigenvalue weighted by molar-refractivity contribution is -0.726. The van der Waals surface area contributed by atoms with Gasteiger partial charge in [0.1, 0.15) is 0 Å². The molecular formula is C16H20N5+. The minimum Gasteiger partial charge on any atom is -0.371 e. The highest BCUT2D eigenvalue weighted by Gasteiger charge is 2.26. The first-order chi connectivity index (χ1) is 10.0. The summed E-state index contributed by atoms with van der Waals surface area (Å²) in [5.41, 5.74) is 5.02. The number of nitriles is 1. The number of fused-ring (bicyclic) bond motifs is 1. The normalized spacial score (nSPS) is 17.6. The molecule has 1 aromatic heterocycles. The Bertz CT molecular complexity index is 725. The predicted octanol–water partition coefficient (Wildman–Crippen LogP) is 1.65. The average Bonchev–Trinajstić information content (AvgIpc) is 2.90. The van der Waals surface area contributed by atoms with Crippen molar-refractivity contribution < 1.29 is 4.68 Å². The molecule has 0 aliphatic carbocycles. The first-order valence-electron chi connectivity index (χ1n) is 7.08. The first kappa shape index (κ1) is 13.5. The number of aromatic amines is 1. The Morgan fingerprint density at radius 3 is 2.71 bits per heavy atom. The van der Waals surface area contributed by atoms with E-state index >= 15 is 0 Å². The number of hydrogen-bond acceptors (Lipinski definition) is 3. The lowest BCUT2D eigenvalue weighted by atomic mass is 9.98. The molecule has 0 radical (unpaired) electrons. The summed E-state index contributed by atoms with van der Waals surface area (Å²) in [5, 5.41) is 12.6. The second-order valence-corrected chi connectivity index (χ2v) is 5.81. The largest absolute Gasteiger partial charge is 0.371 e. The van der Waals surface area contributed by atoms with Crippen LogP contribution in [0.25, 0.3) is 11.1 Å². The van der Waals surface area contributed by atoms with Crippen LogP contribution in [-0.4, -0.2) is 31.8 Å². The Hall–Kier alpha value is -2.48. The highest BCUT2D eigenvalue weighted by atomic mass is 15.3. The zero-order valence-electron chi connectivity index (χ0n) is 12.9. The van der Waals surface area contributed by atoms with Crippen LogP contribution in [0.3, 0.4) is 0 Å². The molecule has 108 valence electrons. The van der Waals surface area contributed by atoms with Crippen LogP contribution in [0.5, 0.6) is 0 Å². The number of rotatable bonds is 1. The van der Waals surface area contributed by atoms with Crippen LogP contribution in [0.15, 0.2) is 24.5 Å². The predicted molar refractivity (Wildman–Crippen MR) is 83.3 cm³/mol. The number of H-pyrrole nitrogens is 1. The van der Waals surface area contributed by atoms with Crippen molar-refractivity contribution in [2.24, 2.45) is 7.05 Å². The molecule has 0 amide bonds. The Kier molecular flexibility index (Phi) is 3.09. The minimum atomic E-state index is 0.450. The van der Waals surface area contributed by atoms with Crippen molar-refractivity contribution in [1.82, 2.24) is 5.10 Å². The molecule has 0 saturated carbocycles. The number of anilines is 2. The summed E-state index contributed by atoms with van der Waals surface area (Å²) < 4.78 is 1.88. The van der Waals surface area contributed by atoms with Crippen molar-refractivity contribution in [3.05, 3.63) is 30.1 Å². The summed E-state index contributed by atoms with van der Waals surface area (Å²) in [6.07, 6.45) is 3.93. The zero-order valence-corrected chi connectivity index (χ0v) is 12.9. The van der Waals surface area contributed by atoms with E-state index in [0.29, 0.717) is 11.6 Å². The van der Waals surface area contributed by atoms with Crippen LogP contribution in [0.1, 0.15) is 12.5 Å². The van der Waals surface area contributed by atoms with E-state index < -0.39 is 0 Å². The molecule has 5 heteroatoms. The molecule has 2 aromatic rings. The van der Waals surface area contributed by atoms with Crippen molar-refractivity contribution in [3.63, 3.8) is 0 Å². The van der Waals surface area contributed by atoms with Gasteiger partial charge in [-0.3, -0.25) is 0 Å². The molecule has 1 aromatic carbocycles. The monoisotopic (exact) mass is 282 g/mol. The van der Waals surface area contributed by atoms with Crippen LogP contribution in [0.2, 0.25) is 0 Å². The number of benzene rings is 1. The van der Waals surface area contributed by atoms with Gasteiger partial charge in [0.2, 0.25) is 6.20 Å². The summed E-state index contributed by atoms with van der Waals surface area (Å²) in [5.74, 6) is 0. The van der Waals surface area contributed by atoms with Gasteiger partial charge in [0.05, 0.1) is 34.8 Å². The van der Waals surface area contributed by atoms with Gasteiger partial charge < -0.3 is 9.80 Å². The standard InChI is InChI=1S/C16H19N5/c1-11-9-19(2)15-5-12(7-17)14(6-16(15)21(11)4)13-8-18-20(3)10-13/h5-6,8,10-11H,9H2,1-4H3/p+1/t11-/m1/s1. The van der Waals surface area contributed by atoms with Gasteiger partial charge in [-0.25, -0.2) is 0 Å². The summed E-state index contributed by atoms with van der Waals surface area (Å²) in [6, 6.07) is 6.91. The first-order valence-corrected chi connectivity index (χ1v) is 7.08. The van der Waals surface area contributed by atoms with Crippen LogP contribution < -0.4 is 14.5 Å². The second-order valence-electron chi connectivity index (χ2n) is 5.81. The summed E-state index contributed by atoms with van der Waals surface area (Å²) >= 11 is 0. The van der Waals surface area contributed by atoms with Crippen LogP contribution in [0, 0.1) is 11.3 Å². The highest BCUT2D eigenvalue weighted by molar-refractivity contribution is 5.84. The molecule has 0 bridgehead atoms. The van der Waals surface area contributed by atoms with E-state index in [1.54, 1.807) is 0 Å². The van der Waals surface area contributed by atoms with Crippen LogP contribution >= 0.6 is 0 Å². The van der Waals surface area contributed by atoms with Crippen molar-refractivity contribution in [3.8, 4) is 17.2 Å². The Morgan fingerprint density at radius 1 is 1.33 bits per heavy atom. The van der Waals surface area contributed by atoms with Crippen molar-refractivity contribution >= 4 is 11.4 Å². The number of nitrogens with zero attached hydrogens (tertiary/aromatic N) is 4. The third-order valence-corrected chi connectivity index (χ3v) is 4.29. The van der Waals surface area contributed by atoms with Gasteiger partial charge in [-0.15, -0.1) is 4.68 Å². The molecule has 0 spiro atoms. The van der Waals surface area contributed by atoms with E-state index in [1.807, 2.05) is 30.2 Å². The second kappa shape index (κ2) is 4.81. The molecular weight excluding hydrogens is 262 g/mol. The molecule has 1 aliphatic rings. The van der Waals surface area contributed by atoms with Crippen LogP contribution in [-0.2, 0) is 7.05 Å². The maximum atomic E-state index is 9.49. The third-order valence-electron chi connectivity index (χ3n) is 4.29. The lowest BCUT2D eigenvalue weighted by Gasteiger charge is -2.40. The van der Waals surface area contributed by atoms with E-state index in [-0.39, 0.29) is 0 Å². The van der Waals surface area contributed by atoms with Gasteiger partial charge >= 0.3 is 0 Å². The van der Waals surface area contributed by atoms with E-state index in [0.717, 1.165) is 23.4 Å². The fourth-order valence-corrected chi connectivity index (χ4v) is 2.95. The van der Waals surface area contributed by atoms with Gasteiger partial charge in [0.25, 0.3) is 0 Å². The van der Waals surface area contributed by atoms with Crippen molar-refractivity contribution in [2.75, 3.05) is 30.4 Å². The fraction of sp³-hybridized carbons (Fsp3) is 0.375. The van der Waals surface area contributed by atoms with E-state index in [2.05, 4.69) is 48.1 Å². The zero-order chi connectivity index (χ0) is 15.1. The summed E-state index contributed by atoms with van der Waals surface area (Å²) in [7, 11) is 6.14. The smallest absolute Gasteiger partial charge is 0.202 e. The maximum absolute atomic E-state index is 9.49. The number of nitrogens with one attached hydrogen (secondary N) is 1. The SMILES string of the molecule is C[C@@H]1CN(C)c2cc(C#N)c(-c3c[nH][n+](C)c3)cc2N1C. The van der Waals surface area contributed by atoms with Gasteiger partial charge in [-0.2, -0.15) is 10.4 Å². The van der Waals surface area contributed by atoms with Crippen molar-refractivity contribution in [1.29, 1.82) is 5.26 Å². The molecule has 2 heterocycles. The number of aryl methyl sites for hydroxylation is 1. The topological polar surface area (TPSA) is 49.9 Å². The van der Waals surface area contributed by atoms with Gasteiger partial charge in [-0.1, -0.05) is 0 Å².